The van der Waals surface area contributed by atoms with Crippen molar-refractivity contribution in [2.45, 2.75) is 13.3 Å². The van der Waals surface area contributed by atoms with Crippen molar-refractivity contribution in [2.24, 2.45) is 0 Å². The van der Waals surface area contributed by atoms with E-state index in [2.05, 4.69) is 5.32 Å². The van der Waals surface area contributed by atoms with E-state index in [1.54, 1.807) is 16.2 Å². The van der Waals surface area contributed by atoms with Crippen LogP contribution < -0.4 is 10.1 Å². The van der Waals surface area contributed by atoms with Gasteiger partial charge in [0.2, 0.25) is 0 Å². The number of amides is 1. The molecule has 4 nitrogen and oxygen atoms in total. The predicted molar refractivity (Wildman–Crippen MR) is 115 cm³/mol. The van der Waals surface area contributed by atoms with Gasteiger partial charge in [-0.25, -0.2) is 0 Å². The van der Waals surface area contributed by atoms with Crippen LogP contribution in [-0.2, 0) is 4.79 Å². The lowest BCUT2D eigenvalue weighted by molar-refractivity contribution is -0.122. The van der Waals surface area contributed by atoms with Gasteiger partial charge in [-0.05, 0) is 55.1 Å². The molecule has 1 amide bonds. The maximum atomic E-state index is 12.5. The summed E-state index contributed by atoms with van der Waals surface area (Å²) in [4.78, 5) is 16.0. The lowest BCUT2D eigenvalue weighted by Gasteiger charge is -2.15. The molecule has 0 spiro atoms. The molecule has 2 aromatic rings. The van der Waals surface area contributed by atoms with Crippen LogP contribution in [0.5, 0.6) is 5.75 Å². The number of thioether (sulfide) groups is 1. The number of benzene rings is 1. The van der Waals surface area contributed by atoms with Crippen molar-refractivity contribution < 1.29 is 9.53 Å². The monoisotopic (exact) mass is 404 g/mol. The summed E-state index contributed by atoms with van der Waals surface area (Å²) in [5, 5.41) is 5.36. The van der Waals surface area contributed by atoms with Gasteiger partial charge < -0.3 is 10.1 Å². The number of thiophene rings is 1. The Hall–Kier alpha value is -1.83. The number of rotatable bonds is 8. The van der Waals surface area contributed by atoms with Crippen LogP contribution in [0.15, 0.2) is 46.7 Å². The van der Waals surface area contributed by atoms with Crippen LogP contribution in [0.4, 0.5) is 5.69 Å². The van der Waals surface area contributed by atoms with E-state index in [-0.39, 0.29) is 5.91 Å². The largest absolute Gasteiger partial charge is 0.494 e. The van der Waals surface area contributed by atoms with Crippen molar-refractivity contribution in [3.8, 4) is 5.75 Å². The second-order valence-corrected chi connectivity index (χ2v) is 8.24. The zero-order chi connectivity index (χ0) is 18.4. The van der Waals surface area contributed by atoms with Crippen molar-refractivity contribution in [2.75, 3.05) is 25.0 Å². The molecular weight excluding hydrogens is 384 g/mol. The maximum absolute atomic E-state index is 12.5. The minimum Gasteiger partial charge on any atom is -0.494 e. The Bertz CT molecular complexity index is 786. The van der Waals surface area contributed by atoms with E-state index in [1.807, 2.05) is 54.8 Å². The van der Waals surface area contributed by atoms with Crippen molar-refractivity contribution >= 4 is 57.3 Å². The first kappa shape index (κ1) is 18.9. The first-order valence-corrected chi connectivity index (χ1v) is 10.5. The van der Waals surface area contributed by atoms with Gasteiger partial charge in [-0.3, -0.25) is 9.69 Å². The molecule has 0 radical (unpaired) electrons. The Kier molecular flexibility index (Phi) is 6.71. The Morgan fingerprint density at radius 1 is 1.27 bits per heavy atom. The van der Waals surface area contributed by atoms with E-state index in [4.69, 9.17) is 17.0 Å². The van der Waals surface area contributed by atoms with Crippen LogP contribution in [0.2, 0.25) is 0 Å². The zero-order valence-corrected chi connectivity index (χ0v) is 16.9. The topological polar surface area (TPSA) is 41.6 Å². The molecule has 136 valence electrons. The summed E-state index contributed by atoms with van der Waals surface area (Å²) in [6.45, 7) is 4.03. The van der Waals surface area contributed by atoms with Gasteiger partial charge in [-0.15, -0.1) is 11.3 Å². The smallest absolute Gasteiger partial charge is 0.266 e. The third-order valence-corrected chi connectivity index (χ3v) is 5.94. The van der Waals surface area contributed by atoms with Crippen LogP contribution in [0.1, 0.15) is 18.2 Å². The number of nitrogens with one attached hydrogen (secondary N) is 1. The summed E-state index contributed by atoms with van der Waals surface area (Å²) < 4.78 is 6.07. The molecule has 1 aromatic heterocycles. The molecular formula is C19H20N2O2S3. The molecule has 1 fully saturated rings. The number of carbonyl (C=O) groups is 1. The number of nitrogens with zero attached hydrogens (tertiary/aromatic N) is 1. The summed E-state index contributed by atoms with van der Waals surface area (Å²) >= 11 is 8.37. The lowest BCUT2D eigenvalue weighted by atomic mass is 10.3. The maximum Gasteiger partial charge on any atom is 0.266 e. The van der Waals surface area contributed by atoms with Crippen LogP contribution in [0.25, 0.3) is 6.08 Å². The lowest BCUT2D eigenvalue weighted by Crippen LogP contribution is -2.30. The average Bonchev–Trinajstić information content (AvgIpc) is 3.23. The van der Waals surface area contributed by atoms with Crippen molar-refractivity contribution in [1.29, 1.82) is 0 Å². The Labute approximate surface area is 167 Å². The standard InChI is InChI=1S/C19H20N2O2S3/c1-2-23-15-8-6-14(7-9-15)20-10-4-11-21-18(22)17(26-19(21)24)13-16-5-3-12-25-16/h3,5-9,12-13,20H,2,4,10-11H2,1H3/b17-13+. The summed E-state index contributed by atoms with van der Waals surface area (Å²) in [5.41, 5.74) is 1.04. The highest BCUT2D eigenvalue weighted by Gasteiger charge is 2.31. The molecule has 1 saturated heterocycles. The summed E-state index contributed by atoms with van der Waals surface area (Å²) in [6.07, 6.45) is 2.74. The Balaban J connectivity index is 1.47. The number of anilines is 1. The highest BCUT2D eigenvalue weighted by atomic mass is 32.2. The fourth-order valence-electron chi connectivity index (χ4n) is 2.50. The summed E-state index contributed by atoms with van der Waals surface area (Å²) in [7, 11) is 0. The minimum absolute atomic E-state index is 0.00877. The van der Waals surface area contributed by atoms with Gasteiger partial charge in [0.25, 0.3) is 5.91 Å². The van der Waals surface area contributed by atoms with Gasteiger partial charge in [-0.1, -0.05) is 30.0 Å². The molecule has 0 bridgehead atoms. The van der Waals surface area contributed by atoms with Gasteiger partial charge >= 0.3 is 0 Å². The van der Waals surface area contributed by atoms with Crippen molar-refractivity contribution in [3.63, 3.8) is 0 Å². The van der Waals surface area contributed by atoms with Crippen molar-refractivity contribution in [1.82, 2.24) is 4.90 Å². The third-order valence-electron chi connectivity index (χ3n) is 3.74. The average molecular weight is 405 g/mol. The third kappa shape index (κ3) is 4.87. The summed E-state index contributed by atoms with van der Waals surface area (Å²) in [5.74, 6) is 0.877. The minimum atomic E-state index is 0.00877. The second-order valence-electron chi connectivity index (χ2n) is 5.59. The van der Waals surface area contributed by atoms with E-state index in [1.165, 1.54) is 11.8 Å². The molecule has 0 saturated carbocycles. The van der Waals surface area contributed by atoms with E-state index in [0.717, 1.165) is 29.3 Å². The van der Waals surface area contributed by atoms with E-state index in [0.29, 0.717) is 22.4 Å². The molecule has 1 N–H and O–H groups in total. The van der Waals surface area contributed by atoms with Crippen LogP contribution in [0, 0.1) is 0 Å². The van der Waals surface area contributed by atoms with Crippen molar-refractivity contribution in [3.05, 3.63) is 51.6 Å². The quantitative estimate of drug-likeness (QED) is 0.387. The van der Waals surface area contributed by atoms with Gasteiger partial charge in [0.1, 0.15) is 10.1 Å². The fourth-order valence-corrected chi connectivity index (χ4v) is 4.53. The first-order chi connectivity index (χ1) is 12.7. The number of hydrogen-bond donors (Lipinski definition) is 1. The molecule has 1 aliphatic rings. The Morgan fingerprint density at radius 3 is 2.77 bits per heavy atom. The first-order valence-electron chi connectivity index (χ1n) is 8.43. The van der Waals surface area contributed by atoms with Crippen LogP contribution >= 0.6 is 35.3 Å². The number of ether oxygens (including phenoxy) is 1. The zero-order valence-electron chi connectivity index (χ0n) is 14.4. The van der Waals surface area contributed by atoms with E-state index >= 15 is 0 Å². The molecule has 1 aromatic carbocycles. The molecule has 0 aliphatic carbocycles. The fraction of sp³-hybridized carbons (Fsp3) is 0.263. The highest BCUT2D eigenvalue weighted by Crippen LogP contribution is 2.33. The molecule has 26 heavy (non-hydrogen) atoms. The molecule has 3 rings (SSSR count). The number of thiocarbonyl (C=S) groups is 1. The van der Waals surface area contributed by atoms with Crippen LogP contribution in [0.3, 0.4) is 0 Å². The van der Waals surface area contributed by atoms with Gasteiger partial charge in [-0.2, -0.15) is 0 Å². The molecule has 2 heterocycles. The van der Waals surface area contributed by atoms with Gasteiger partial charge in [0, 0.05) is 23.7 Å². The van der Waals surface area contributed by atoms with Gasteiger partial charge in [0.05, 0.1) is 11.5 Å². The highest BCUT2D eigenvalue weighted by molar-refractivity contribution is 8.26. The van der Waals surface area contributed by atoms with E-state index < -0.39 is 0 Å². The van der Waals surface area contributed by atoms with E-state index in [9.17, 15) is 4.79 Å². The molecule has 0 atom stereocenters. The summed E-state index contributed by atoms with van der Waals surface area (Å²) in [6, 6.07) is 11.9. The SMILES string of the molecule is CCOc1ccc(NCCCN2C(=O)/C(=C\c3cccs3)SC2=S)cc1. The van der Waals surface area contributed by atoms with Gasteiger partial charge in [0.15, 0.2) is 0 Å². The Morgan fingerprint density at radius 2 is 2.08 bits per heavy atom. The predicted octanol–water partition coefficient (Wildman–Crippen LogP) is 4.85. The second kappa shape index (κ2) is 9.21. The number of hydrogen-bond acceptors (Lipinski definition) is 6. The normalized spacial score (nSPS) is 15.7. The number of carbonyl (C=O) groups excluding carboxylic acids is 1. The van der Waals surface area contributed by atoms with Crippen LogP contribution in [-0.4, -0.2) is 34.8 Å². The molecule has 0 unspecified atom stereocenters. The molecule has 7 heteroatoms. The molecule has 1 aliphatic heterocycles.